The molecule has 0 aromatic carbocycles. The second-order valence-electron chi connectivity index (χ2n) is 3.75. The summed E-state index contributed by atoms with van der Waals surface area (Å²) < 4.78 is 10.0. The zero-order chi connectivity index (χ0) is 14.0. The van der Waals surface area contributed by atoms with Gasteiger partial charge in [-0.2, -0.15) is 0 Å². The van der Waals surface area contributed by atoms with E-state index in [9.17, 15) is 5.11 Å². The number of aliphatic hydroxyl groups is 1. The van der Waals surface area contributed by atoms with Crippen molar-refractivity contribution >= 4 is 12.4 Å². The molecule has 0 aliphatic heterocycles. The number of hydrogen-bond acceptors (Lipinski definition) is 7. The number of furan rings is 2. The van der Waals surface area contributed by atoms with Crippen LogP contribution < -0.4 is 0 Å². The van der Waals surface area contributed by atoms with Crippen molar-refractivity contribution in [1.82, 2.24) is 0 Å². The van der Waals surface area contributed by atoms with Crippen molar-refractivity contribution in [3.05, 3.63) is 48.3 Å². The fourth-order valence-electron chi connectivity index (χ4n) is 1.21. The SMILES string of the molecule is OC(CON=Cc1ccco1)CON=Cc1ccco1. The summed E-state index contributed by atoms with van der Waals surface area (Å²) in [5, 5.41) is 16.8. The molecule has 7 heteroatoms. The van der Waals surface area contributed by atoms with Crippen molar-refractivity contribution in [2.75, 3.05) is 13.2 Å². The van der Waals surface area contributed by atoms with Crippen LogP contribution in [0.5, 0.6) is 0 Å². The minimum atomic E-state index is -0.836. The first-order valence-electron chi connectivity index (χ1n) is 5.90. The van der Waals surface area contributed by atoms with E-state index in [0.717, 1.165) is 0 Å². The Morgan fingerprint density at radius 1 is 1.00 bits per heavy atom. The molecule has 7 nitrogen and oxygen atoms in total. The molecular formula is C13H14N2O5. The molecule has 0 saturated carbocycles. The summed E-state index contributed by atoms with van der Waals surface area (Å²) >= 11 is 0. The molecule has 2 aromatic heterocycles. The molecule has 0 aliphatic carbocycles. The van der Waals surface area contributed by atoms with E-state index < -0.39 is 6.10 Å². The third-order valence-corrected chi connectivity index (χ3v) is 2.13. The van der Waals surface area contributed by atoms with Crippen LogP contribution in [0.25, 0.3) is 0 Å². The first-order valence-corrected chi connectivity index (χ1v) is 5.90. The highest BCUT2D eigenvalue weighted by atomic mass is 16.7. The Labute approximate surface area is 115 Å². The molecule has 0 spiro atoms. The van der Waals surface area contributed by atoms with Gasteiger partial charge >= 0.3 is 0 Å². The normalized spacial score (nSPS) is 13.1. The lowest BCUT2D eigenvalue weighted by atomic mass is 10.4. The maximum atomic E-state index is 9.52. The van der Waals surface area contributed by atoms with Crippen LogP contribution in [0.4, 0.5) is 0 Å². The van der Waals surface area contributed by atoms with Crippen LogP contribution in [0.3, 0.4) is 0 Å². The predicted octanol–water partition coefficient (Wildman–Crippen LogP) is 1.63. The zero-order valence-electron chi connectivity index (χ0n) is 10.6. The van der Waals surface area contributed by atoms with Gasteiger partial charge in [0.25, 0.3) is 0 Å². The van der Waals surface area contributed by atoms with Gasteiger partial charge in [-0.3, -0.25) is 0 Å². The summed E-state index contributed by atoms with van der Waals surface area (Å²) in [6.45, 7) is -0.0129. The third kappa shape index (κ3) is 4.99. The highest BCUT2D eigenvalue weighted by Crippen LogP contribution is 1.97. The van der Waals surface area contributed by atoms with E-state index in [1.807, 2.05) is 0 Å². The summed E-state index contributed by atoms with van der Waals surface area (Å²) in [5.41, 5.74) is 0. The molecule has 0 amide bonds. The highest BCUT2D eigenvalue weighted by Gasteiger charge is 2.04. The van der Waals surface area contributed by atoms with Crippen LogP contribution >= 0.6 is 0 Å². The molecular weight excluding hydrogens is 264 g/mol. The second kappa shape index (κ2) is 7.80. The van der Waals surface area contributed by atoms with Crippen molar-refractivity contribution in [3.63, 3.8) is 0 Å². The molecule has 0 unspecified atom stereocenters. The van der Waals surface area contributed by atoms with E-state index in [1.54, 1.807) is 24.3 Å². The monoisotopic (exact) mass is 278 g/mol. The van der Waals surface area contributed by atoms with Crippen LogP contribution in [-0.4, -0.2) is 36.9 Å². The van der Waals surface area contributed by atoms with Crippen molar-refractivity contribution in [3.8, 4) is 0 Å². The minimum absolute atomic E-state index is 0.00647. The lowest BCUT2D eigenvalue weighted by Crippen LogP contribution is -2.19. The molecule has 1 N–H and O–H groups in total. The van der Waals surface area contributed by atoms with E-state index in [4.69, 9.17) is 18.5 Å². The largest absolute Gasteiger partial charge is 0.463 e. The van der Waals surface area contributed by atoms with E-state index in [2.05, 4.69) is 10.3 Å². The van der Waals surface area contributed by atoms with Gasteiger partial charge in [0.2, 0.25) is 0 Å². The molecule has 2 rings (SSSR count). The predicted molar refractivity (Wildman–Crippen MR) is 70.5 cm³/mol. The van der Waals surface area contributed by atoms with E-state index >= 15 is 0 Å². The molecule has 0 bridgehead atoms. The van der Waals surface area contributed by atoms with Gasteiger partial charge in [0.15, 0.2) is 0 Å². The molecule has 0 atom stereocenters. The Balaban J connectivity index is 1.57. The summed E-state index contributed by atoms with van der Waals surface area (Å²) in [4.78, 5) is 9.76. The van der Waals surface area contributed by atoms with Gasteiger partial charge < -0.3 is 23.6 Å². The number of aliphatic hydroxyl groups excluding tert-OH is 1. The summed E-state index contributed by atoms with van der Waals surface area (Å²) in [7, 11) is 0. The minimum Gasteiger partial charge on any atom is -0.463 e. The maximum Gasteiger partial charge on any atom is 0.148 e. The Morgan fingerprint density at radius 3 is 1.90 bits per heavy atom. The van der Waals surface area contributed by atoms with Crippen molar-refractivity contribution in [1.29, 1.82) is 0 Å². The van der Waals surface area contributed by atoms with Gasteiger partial charge in [0.1, 0.15) is 43.3 Å². The van der Waals surface area contributed by atoms with E-state index in [1.165, 1.54) is 25.0 Å². The second-order valence-corrected chi connectivity index (χ2v) is 3.75. The number of rotatable bonds is 8. The van der Waals surface area contributed by atoms with Crippen molar-refractivity contribution in [2.45, 2.75) is 6.10 Å². The lowest BCUT2D eigenvalue weighted by Gasteiger charge is -2.06. The topological polar surface area (TPSA) is 89.7 Å². The smallest absolute Gasteiger partial charge is 0.148 e. The van der Waals surface area contributed by atoms with E-state index in [0.29, 0.717) is 11.5 Å². The first-order chi connectivity index (χ1) is 9.84. The maximum absolute atomic E-state index is 9.52. The van der Waals surface area contributed by atoms with Crippen molar-refractivity contribution < 1.29 is 23.6 Å². The van der Waals surface area contributed by atoms with Gasteiger partial charge in [-0.1, -0.05) is 10.3 Å². The van der Waals surface area contributed by atoms with Crippen LogP contribution in [0.15, 0.2) is 55.9 Å². The molecule has 0 aliphatic rings. The number of oxime groups is 2. The lowest BCUT2D eigenvalue weighted by molar-refractivity contribution is -0.0157. The average Bonchev–Trinajstić information content (AvgIpc) is 3.13. The fourth-order valence-corrected chi connectivity index (χ4v) is 1.21. The van der Waals surface area contributed by atoms with Crippen LogP contribution in [0.2, 0.25) is 0 Å². The molecule has 20 heavy (non-hydrogen) atoms. The summed E-state index contributed by atoms with van der Waals surface area (Å²) in [6.07, 6.45) is 5.03. The van der Waals surface area contributed by atoms with Crippen LogP contribution in [0, 0.1) is 0 Å². The molecule has 0 saturated heterocycles. The average molecular weight is 278 g/mol. The molecule has 2 heterocycles. The van der Waals surface area contributed by atoms with Crippen molar-refractivity contribution in [2.24, 2.45) is 10.3 Å². The summed E-state index contributed by atoms with van der Waals surface area (Å²) in [6, 6.07) is 6.94. The Kier molecular flexibility index (Phi) is 5.41. The number of nitrogens with zero attached hydrogens (tertiary/aromatic N) is 2. The van der Waals surface area contributed by atoms with Gasteiger partial charge in [-0.05, 0) is 24.3 Å². The quantitative estimate of drug-likeness (QED) is 0.585. The van der Waals surface area contributed by atoms with Gasteiger partial charge in [0, 0.05) is 0 Å². The number of hydrogen-bond donors (Lipinski definition) is 1. The van der Waals surface area contributed by atoms with Crippen LogP contribution in [0.1, 0.15) is 11.5 Å². The van der Waals surface area contributed by atoms with Gasteiger partial charge in [-0.25, -0.2) is 0 Å². The standard InChI is InChI=1S/C13H14N2O5/c16-11(9-19-14-7-12-3-1-5-17-12)10-20-15-8-13-4-2-6-18-13/h1-8,11,16H,9-10H2. The van der Waals surface area contributed by atoms with E-state index in [-0.39, 0.29) is 13.2 Å². The Hall–Kier alpha value is -2.54. The molecule has 0 radical (unpaired) electrons. The first kappa shape index (κ1) is 13.9. The molecule has 106 valence electrons. The fraction of sp³-hybridized carbons (Fsp3) is 0.231. The third-order valence-electron chi connectivity index (χ3n) is 2.13. The Bertz CT molecular complexity index is 471. The molecule has 2 aromatic rings. The molecule has 0 fully saturated rings. The highest BCUT2D eigenvalue weighted by molar-refractivity contribution is 5.75. The van der Waals surface area contributed by atoms with Gasteiger partial charge in [0.05, 0.1) is 12.5 Å². The zero-order valence-corrected chi connectivity index (χ0v) is 10.6. The summed E-state index contributed by atoms with van der Waals surface area (Å²) in [5.74, 6) is 1.14. The Morgan fingerprint density at radius 2 is 1.50 bits per heavy atom. The van der Waals surface area contributed by atoms with Crippen LogP contribution in [-0.2, 0) is 9.68 Å². The van der Waals surface area contributed by atoms with Gasteiger partial charge in [-0.15, -0.1) is 0 Å².